The number of benzene rings is 2. The van der Waals surface area contributed by atoms with E-state index < -0.39 is 11.9 Å². The first kappa shape index (κ1) is 18.3. The molecular weight excluding hydrogens is 398 g/mol. The molecule has 0 bridgehead atoms. The normalized spacial score (nSPS) is 16.6. The van der Waals surface area contributed by atoms with Gasteiger partial charge in [0.25, 0.3) is 0 Å². The topological polar surface area (TPSA) is 63.7 Å². The predicted octanol–water partition coefficient (Wildman–Crippen LogP) is 3.54. The van der Waals surface area contributed by atoms with Crippen molar-refractivity contribution in [2.75, 3.05) is 18.1 Å². The van der Waals surface area contributed by atoms with E-state index in [-0.39, 0.29) is 31.3 Å². The van der Waals surface area contributed by atoms with Gasteiger partial charge in [-0.25, -0.2) is 0 Å². The molecule has 0 saturated carbocycles. The number of hydrogen-bond donors (Lipinski definition) is 0. The Balaban J connectivity index is 1.58. The Kier molecular flexibility index (Phi) is 5.52. The van der Waals surface area contributed by atoms with Crippen LogP contribution in [0, 0.1) is 12.8 Å². The molecule has 0 spiro atoms. The molecule has 1 aliphatic heterocycles. The van der Waals surface area contributed by atoms with E-state index in [4.69, 9.17) is 4.74 Å². The van der Waals surface area contributed by atoms with Crippen molar-refractivity contribution in [3.8, 4) is 0 Å². The largest absolute Gasteiger partial charge is 0.457 e. The molecule has 1 fully saturated rings. The molecule has 2 aromatic carbocycles. The van der Waals surface area contributed by atoms with Gasteiger partial charge in [0.1, 0.15) is 0 Å². The minimum Gasteiger partial charge on any atom is -0.457 e. The number of aryl methyl sites for hydroxylation is 1. The zero-order valence-corrected chi connectivity index (χ0v) is 15.9. The highest BCUT2D eigenvalue weighted by atomic mass is 79.9. The Labute approximate surface area is 160 Å². The first-order chi connectivity index (χ1) is 12.4. The number of hydrogen-bond acceptors (Lipinski definition) is 4. The number of amides is 1. The third-order valence-corrected chi connectivity index (χ3v) is 4.81. The van der Waals surface area contributed by atoms with Crippen LogP contribution < -0.4 is 4.90 Å². The van der Waals surface area contributed by atoms with Gasteiger partial charge in [-0.05, 0) is 36.8 Å². The van der Waals surface area contributed by atoms with Gasteiger partial charge in [0.2, 0.25) is 5.91 Å². The minimum absolute atomic E-state index is 0.0965. The molecule has 1 heterocycles. The van der Waals surface area contributed by atoms with Crippen LogP contribution in [0.3, 0.4) is 0 Å². The van der Waals surface area contributed by atoms with Crippen LogP contribution in [0.25, 0.3) is 0 Å². The zero-order chi connectivity index (χ0) is 18.7. The number of esters is 1. The average molecular weight is 416 g/mol. The maximum atomic E-state index is 12.3. The first-order valence-electron chi connectivity index (χ1n) is 8.26. The summed E-state index contributed by atoms with van der Waals surface area (Å²) in [4.78, 5) is 38.2. The SMILES string of the molecule is Cc1cccc(N2C[C@H](C(=O)OCC(=O)c3ccc(Br)cc3)CC2=O)c1. The lowest BCUT2D eigenvalue weighted by Gasteiger charge is -2.17. The van der Waals surface area contributed by atoms with E-state index in [2.05, 4.69) is 15.9 Å². The van der Waals surface area contributed by atoms with E-state index in [1.54, 1.807) is 29.2 Å². The number of anilines is 1. The summed E-state index contributed by atoms with van der Waals surface area (Å²) in [6, 6.07) is 14.4. The van der Waals surface area contributed by atoms with Gasteiger partial charge >= 0.3 is 5.97 Å². The molecule has 1 saturated heterocycles. The quantitative estimate of drug-likeness (QED) is 0.553. The van der Waals surface area contributed by atoms with Crippen molar-refractivity contribution in [1.82, 2.24) is 0 Å². The summed E-state index contributed by atoms with van der Waals surface area (Å²) in [5.41, 5.74) is 2.29. The fourth-order valence-corrected chi connectivity index (χ4v) is 3.15. The summed E-state index contributed by atoms with van der Waals surface area (Å²) in [5, 5.41) is 0. The van der Waals surface area contributed by atoms with Gasteiger partial charge in [-0.2, -0.15) is 0 Å². The highest BCUT2D eigenvalue weighted by Crippen LogP contribution is 2.26. The number of rotatable bonds is 5. The lowest BCUT2D eigenvalue weighted by molar-refractivity contribution is -0.147. The standard InChI is InChI=1S/C20H18BrNO4/c1-13-3-2-4-17(9-13)22-11-15(10-19(22)24)20(25)26-12-18(23)14-5-7-16(21)8-6-14/h2-9,15H,10-12H2,1H3/t15-/m1/s1. The Morgan fingerprint density at radius 1 is 1.19 bits per heavy atom. The molecule has 3 rings (SSSR count). The van der Waals surface area contributed by atoms with Gasteiger partial charge in [-0.3, -0.25) is 14.4 Å². The third-order valence-electron chi connectivity index (χ3n) is 4.28. The second-order valence-corrected chi connectivity index (χ2v) is 7.20. The summed E-state index contributed by atoms with van der Waals surface area (Å²) in [7, 11) is 0. The van der Waals surface area contributed by atoms with E-state index in [0.29, 0.717) is 5.56 Å². The van der Waals surface area contributed by atoms with Crippen LogP contribution >= 0.6 is 15.9 Å². The molecule has 1 amide bonds. The van der Waals surface area contributed by atoms with Crippen molar-refractivity contribution in [3.63, 3.8) is 0 Å². The molecule has 0 radical (unpaired) electrons. The number of Topliss-reactive ketones (excluding diaryl/α,β-unsaturated/α-hetero) is 1. The van der Waals surface area contributed by atoms with Crippen molar-refractivity contribution in [3.05, 3.63) is 64.1 Å². The number of nitrogens with zero attached hydrogens (tertiary/aromatic N) is 1. The van der Waals surface area contributed by atoms with Crippen LogP contribution in [0.15, 0.2) is 53.0 Å². The predicted molar refractivity (Wildman–Crippen MR) is 101 cm³/mol. The molecule has 134 valence electrons. The van der Waals surface area contributed by atoms with Gasteiger partial charge in [0.05, 0.1) is 5.92 Å². The maximum Gasteiger partial charge on any atom is 0.311 e. The molecule has 2 aromatic rings. The van der Waals surface area contributed by atoms with Crippen molar-refractivity contribution in [1.29, 1.82) is 0 Å². The minimum atomic E-state index is -0.555. The van der Waals surface area contributed by atoms with Crippen LogP contribution in [0.1, 0.15) is 22.3 Å². The Morgan fingerprint density at radius 3 is 2.62 bits per heavy atom. The van der Waals surface area contributed by atoms with Crippen molar-refractivity contribution < 1.29 is 19.1 Å². The molecule has 0 unspecified atom stereocenters. The second-order valence-electron chi connectivity index (χ2n) is 6.28. The highest BCUT2D eigenvalue weighted by molar-refractivity contribution is 9.10. The molecule has 5 nitrogen and oxygen atoms in total. The highest BCUT2D eigenvalue weighted by Gasteiger charge is 2.36. The molecule has 0 aromatic heterocycles. The molecule has 0 aliphatic carbocycles. The number of carbonyl (C=O) groups excluding carboxylic acids is 3. The number of carbonyl (C=O) groups is 3. The van der Waals surface area contributed by atoms with E-state index in [1.807, 2.05) is 31.2 Å². The molecule has 1 aliphatic rings. The van der Waals surface area contributed by atoms with Crippen molar-refractivity contribution >= 4 is 39.3 Å². The summed E-state index contributed by atoms with van der Waals surface area (Å²) in [6.45, 7) is 1.90. The van der Waals surface area contributed by atoms with Crippen LogP contribution in [0.4, 0.5) is 5.69 Å². The second kappa shape index (κ2) is 7.83. The smallest absolute Gasteiger partial charge is 0.311 e. The lowest BCUT2D eigenvalue weighted by Crippen LogP contribution is -2.27. The van der Waals surface area contributed by atoms with E-state index >= 15 is 0 Å². The van der Waals surface area contributed by atoms with Gasteiger partial charge in [0.15, 0.2) is 12.4 Å². The van der Waals surface area contributed by atoms with E-state index in [9.17, 15) is 14.4 Å². The van der Waals surface area contributed by atoms with E-state index in [1.165, 1.54) is 0 Å². The molecular formula is C20H18BrNO4. The Hall–Kier alpha value is -2.47. The van der Waals surface area contributed by atoms with Crippen LogP contribution in [0.5, 0.6) is 0 Å². The summed E-state index contributed by atoms with van der Waals surface area (Å²) in [5.74, 6) is -1.46. The van der Waals surface area contributed by atoms with Gasteiger partial charge in [-0.1, -0.05) is 40.2 Å². The van der Waals surface area contributed by atoms with Gasteiger partial charge in [-0.15, -0.1) is 0 Å². The monoisotopic (exact) mass is 415 g/mol. The van der Waals surface area contributed by atoms with Crippen molar-refractivity contribution in [2.24, 2.45) is 5.92 Å². The summed E-state index contributed by atoms with van der Waals surface area (Å²) in [6.07, 6.45) is 0.0965. The van der Waals surface area contributed by atoms with Gasteiger partial charge < -0.3 is 9.64 Å². The maximum absolute atomic E-state index is 12.3. The number of ketones is 1. The molecule has 26 heavy (non-hydrogen) atoms. The summed E-state index contributed by atoms with van der Waals surface area (Å²) >= 11 is 3.30. The fraction of sp³-hybridized carbons (Fsp3) is 0.250. The number of halogens is 1. The van der Waals surface area contributed by atoms with Crippen LogP contribution in [-0.2, 0) is 14.3 Å². The summed E-state index contributed by atoms with van der Waals surface area (Å²) < 4.78 is 6.02. The first-order valence-corrected chi connectivity index (χ1v) is 9.06. The third kappa shape index (κ3) is 4.19. The fourth-order valence-electron chi connectivity index (χ4n) is 2.88. The molecule has 0 N–H and O–H groups in total. The zero-order valence-electron chi connectivity index (χ0n) is 14.3. The van der Waals surface area contributed by atoms with Crippen LogP contribution in [0.2, 0.25) is 0 Å². The van der Waals surface area contributed by atoms with E-state index in [0.717, 1.165) is 15.7 Å². The number of ether oxygens (including phenoxy) is 1. The molecule has 6 heteroatoms. The lowest BCUT2D eigenvalue weighted by atomic mass is 10.1. The Morgan fingerprint density at radius 2 is 1.92 bits per heavy atom. The van der Waals surface area contributed by atoms with Crippen molar-refractivity contribution in [2.45, 2.75) is 13.3 Å². The average Bonchev–Trinajstić information content (AvgIpc) is 3.02. The Bertz CT molecular complexity index is 847. The van der Waals surface area contributed by atoms with Crippen LogP contribution in [-0.4, -0.2) is 30.8 Å². The molecule has 1 atom stereocenters. The van der Waals surface area contributed by atoms with Gasteiger partial charge in [0, 0.05) is 28.7 Å².